The van der Waals surface area contributed by atoms with Gasteiger partial charge in [0.15, 0.2) is 0 Å². The van der Waals surface area contributed by atoms with E-state index in [9.17, 15) is 9.59 Å². The molecule has 12 nitrogen and oxygen atoms in total. The molecule has 2 aromatic carbocycles. The van der Waals surface area contributed by atoms with Crippen LogP contribution >= 0.6 is 23.2 Å². The number of halogens is 2. The highest BCUT2D eigenvalue weighted by Crippen LogP contribution is 2.43. The van der Waals surface area contributed by atoms with Crippen LogP contribution in [0.15, 0.2) is 48.8 Å². The minimum Gasteiger partial charge on any atom is -0.480 e. The van der Waals surface area contributed by atoms with Gasteiger partial charge in [-0.1, -0.05) is 59.6 Å². The lowest BCUT2D eigenvalue weighted by atomic mass is 9.79. The molecule has 1 spiro atoms. The fourth-order valence-corrected chi connectivity index (χ4v) is 7.53. The molecule has 3 N–H and O–H groups in total. The van der Waals surface area contributed by atoms with E-state index < -0.39 is 0 Å². The van der Waals surface area contributed by atoms with Crippen molar-refractivity contribution in [2.45, 2.75) is 38.4 Å². The van der Waals surface area contributed by atoms with E-state index in [2.05, 4.69) is 25.8 Å². The standard InChI is InChI=1S/C35H36Cl2N8O4/c1-48-33-27(13-38-12-20-9-10-29(46)42-20)39-14-25(43-33)23-7-3-5-21(31(23)36)22-6-4-8-24(32(22)37)26-15-40-28(34(44-26)49-2)16-45-18-35(19-45)11-30(47)41-17-35/h3-8,14-15,20,38H,9-13,16-19H2,1-2H3,(H,41,47)(H,42,46). The molecule has 3 fully saturated rings. The summed E-state index contributed by atoms with van der Waals surface area (Å²) in [5.74, 6) is 1.02. The van der Waals surface area contributed by atoms with Crippen molar-refractivity contribution in [1.29, 1.82) is 0 Å². The van der Waals surface area contributed by atoms with Gasteiger partial charge in [-0.2, -0.15) is 0 Å². The second kappa shape index (κ2) is 13.9. The van der Waals surface area contributed by atoms with Gasteiger partial charge in [0.2, 0.25) is 23.6 Å². The molecular formula is C35H36Cl2N8O4. The van der Waals surface area contributed by atoms with Crippen molar-refractivity contribution < 1.29 is 19.1 Å². The average Bonchev–Trinajstić information content (AvgIpc) is 3.70. The number of methoxy groups -OCH3 is 2. The van der Waals surface area contributed by atoms with Crippen LogP contribution in [0.25, 0.3) is 33.6 Å². The summed E-state index contributed by atoms with van der Waals surface area (Å²) in [6.45, 7) is 4.03. The number of rotatable bonds is 11. The molecule has 3 aliphatic heterocycles. The Balaban J connectivity index is 1.10. The van der Waals surface area contributed by atoms with Gasteiger partial charge in [-0.15, -0.1) is 0 Å². The molecule has 7 rings (SSSR count). The van der Waals surface area contributed by atoms with Crippen LogP contribution in [0.4, 0.5) is 0 Å². The number of hydrogen-bond acceptors (Lipinski definition) is 10. The fraction of sp³-hybridized carbons (Fsp3) is 0.371. The Labute approximate surface area is 294 Å². The van der Waals surface area contributed by atoms with Crippen molar-refractivity contribution in [3.8, 4) is 45.4 Å². The Morgan fingerprint density at radius 1 is 0.878 bits per heavy atom. The molecule has 254 valence electrons. The second-order valence-electron chi connectivity index (χ2n) is 12.8. The van der Waals surface area contributed by atoms with Gasteiger partial charge in [-0.05, 0) is 6.42 Å². The number of aromatic nitrogens is 4. The topological polar surface area (TPSA) is 143 Å². The van der Waals surface area contributed by atoms with Gasteiger partial charge in [0.1, 0.15) is 11.4 Å². The molecule has 2 aromatic heterocycles. The second-order valence-corrected chi connectivity index (χ2v) is 13.5. The van der Waals surface area contributed by atoms with E-state index in [0.717, 1.165) is 42.9 Å². The highest BCUT2D eigenvalue weighted by atomic mass is 35.5. The number of carbonyl (C=O) groups is 2. The number of benzene rings is 2. The number of hydrogen-bond donors (Lipinski definition) is 3. The molecular weight excluding hydrogens is 667 g/mol. The van der Waals surface area contributed by atoms with Gasteiger partial charge in [-0.25, -0.2) is 9.97 Å². The summed E-state index contributed by atoms with van der Waals surface area (Å²) in [6, 6.07) is 11.5. The van der Waals surface area contributed by atoms with Crippen LogP contribution in [0.5, 0.6) is 11.8 Å². The Hall–Kier alpha value is -4.36. The third kappa shape index (κ3) is 6.78. The van der Waals surface area contributed by atoms with Crippen molar-refractivity contribution in [1.82, 2.24) is 40.8 Å². The van der Waals surface area contributed by atoms with Gasteiger partial charge >= 0.3 is 0 Å². The Kier molecular flexibility index (Phi) is 9.38. The highest BCUT2D eigenvalue weighted by molar-refractivity contribution is 6.39. The minimum absolute atomic E-state index is 0.0283. The van der Waals surface area contributed by atoms with E-state index in [1.807, 2.05) is 36.4 Å². The van der Waals surface area contributed by atoms with Gasteiger partial charge < -0.3 is 25.4 Å². The van der Waals surface area contributed by atoms with Crippen LogP contribution in [0.1, 0.15) is 30.7 Å². The summed E-state index contributed by atoms with van der Waals surface area (Å²) in [4.78, 5) is 44.3. The third-order valence-electron chi connectivity index (χ3n) is 9.30. The zero-order chi connectivity index (χ0) is 34.1. The fourth-order valence-electron chi connectivity index (χ4n) is 6.88. The summed E-state index contributed by atoms with van der Waals surface area (Å²) >= 11 is 14.1. The zero-order valence-electron chi connectivity index (χ0n) is 27.2. The summed E-state index contributed by atoms with van der Waals surface area (Å²) < 4.78 is 11.2. The van der Waals surface area contributed by atoms with Crippen LogP contribution < -0.4 is 25.4 Å². The highest BCUT2D eigenvalue weighted by Gasteiger charge is 2.48. The Morgan fingerprint density at radius 2 is 1.47 bits per heavy atom. The summed E-state index contributed by atoms with van der Waals surface area (Å²) in [5, 5.41) is 10.2. The normalized spacial score (nSPS) is 18.3. The summed E-state index contributed by atoms with van der Waals surface area (Å²) in [6.07, 6.45) is 5.32. The minimum atomic E-state index is 0.0283. The van der Waals surface area contributed by atoms with E-state index in [0.29, 0.717) is 82.5 Å². The molecule has 14 heteroatoms. The molecule has 0 aliphatic carbocycles. The zero-order valence-corrected chi connectivity index (χ0v) is 28.7. The van der Waals surface area contributed by atoms with E-state index in [-0.39, 0.29) is 23.3 Å². The molecule has 0 bridgehead atoms. The molecule has 0 saturated carbocycles. The van der Waals surface area contributed by atoms with Crippen molar-refractivity contribution in [3.63, 3.8) is 0 Å². The van der Waals surface area contributed by atoms with E-state index in [4.69, 9.17) is 47.6 Å². The average molecular weight is 704 g/mol. The van der Waals surface area contributed by atoms with Crippen molar-refractivity contribution in [2.24, 2.45) is 5.41 Å². The first kappa shape index (κ1) is 33.2. The predicted octanol–water partition coefficient (Wildman–Crippen LogP) is 4.28. The number of nitrogens with zero attached hydrogens (tertiary/aromatic N) is 5. The molecule has 5 heterocycles. The van der Waals surface area contributed by atoms with Crippen LogP contribution in [0.2, 0.25) is 10.0 Å². The number of nitrogens with one attached hydrogen (secondary N) is 3. The molecule has 1 atom stereocenters. The molecule has 2 amide bonds. The van der Waals surface area contributed by atoms with Crippen molar-refractivity contribution in [3.05, 3.63) is 70.2 Å². The first-order valence-electron chi connectivity index (χ1n) is 16.1. The lowest BCUT2D eigenvalue weighted by molar-refractivity contribution is -0.121. The van der Waals surface area contributed by atoms with Crippen molar-refractivity contribution >= 4 is 35.0 Å². The summed E-state index contributed by atoms with van der Waals surface area (Å²) in [7, 11) is 3.13. The number of carbonyl (C=O) groups excluding carboxylic acids is 2. The predicted molar refractivity (Wildman–Crippen MR) is 185 cm³/mol. The Bertz CT molecular complexity index is 1920. The monoisotopic (exact) mass is 702 g/mol. The third-order valence-corrected chi connectivity index (χ3v) is 10.1. The van der Waals surface area contributed by atoms with Gasteiger partial charge in [0.05, 0.1) is 48.0 Å². The number of amides is 2. The maximum atomic E-state index is 11.7. The van der Waals surface area contributed by atoms with Crippen LogP contribution in [-0.4, -0.2) is 83.1 Å². The molecule has 4 aromatic rings. The largest absolute Gasteiger partial charge is 0.480 e. The molecule has 1 unspecified atom stereocenters. The van der Waals surface area contributed by atoms with E-state index in [1.165, 1.54) is 0 Å². The van der Waals surface area contributed by atoms with Crippen LogP contribution in [-0.2, 0) is 22.7 Å². The quantitative estimate of drug-likeness (QED) is 0.207. The van der Waals surface area contributed by atoms with E-state index >= 15 is 0 Å². The molecule has 0 radical (unpaired) electrons. The lowest BCUT2D eigenvalue weighted by Crippen LogP contribution is -2.56. The maximum Gasteiger partial charge on any atom is 0.237 e. The van der Waals surface area contributed by atoms with Gasteiger partial charge in [0, 0.05) is 85.8 Å². The lowest BCUT2D eigenvalue weighted by Gasteiger charge is -2.46. The Morgan fingerprint density at radius 3 is 2.02 bits per heavy atom. The number of ether oxygens (including phenoxy) is 2. The van der Waals surface area contributed by atoms with Gasteiger partial charge in [0.25, 0.3) is 0 Å². The smallest absolute Gasteiger partial charge is 0.237 e. The van der Waals surface area contributed by atoms with Gasteiger partial charge in [-0.3, -0.25) is 24.5 Å². The molecule has 49 heavy (non-hydrogen) atoms. The maximum absolute atomic E-state index is 11.7. The van der Waals surface area contributed by atoms with Crippen molar-refractivity contribution in [2.75, 3.05) is 40.4 Å². The first-order valence-corrected chi connectivity index (χ1v) is 16.9. The SMILES string of the molecule is COc1nc(-c2cccc(-c3cccc(-c4cnc(CN5CC6(CNC(=O)C6)C5)c(OC)n4)c3Cl)c2Cl)cnc1CNCC1CCC(=O)N1. The van der Waals surface area contributed by atoms with Crippen LogP contribution in [0, 0.1) is 5.41 Å². The summed E-state index contributed by atoms with van der Waals surface area (Å²) in [5.41, 5.74) is 5.34. The first-order chi connectivity index (χ1) is 23.8. The molecule has 3 saturated heterocycles. The van der Waals surface area contributed by atoms with E-state index in [1.54, 1.807) is 26.6 Å². The molecule has 3 aliphatic rings. The number of likely N-dealkylation sites (tertiary alicyclic amines) is 1. The van der Waals surface area contributed by atoms with Crippen LogP contribution in [0.3, 0.4) is 0 Å².